The summed E-state index contributed by atoms with van der Waals surface area (Å²) >= 11 is 0. The smallest absolute Gasteiger partial charge is 0.0484 e. The van der Waals surface area contributed by atoms with Gasteiger partial charge in [0.2, 0.25) is 0 Å². The first-order chi connectivity index (χ1) is 7.83. The zero-order valence-electron chi connectivity index (χ0n) is 9.74. The van der Waals surface area contributed by atoms with Crippen LogP contribution in [0.1, 0.15) is 24.1 Å². The Morgan fingerprint density at radius 1 is 1.19 bits per heavy atom. The van der Waals surface area contributed by atoms with Crippen LogP contribution < -0.4 is 5.73 Å². The number of hydrogen-bond donors (Lipinski definition) is 1. The van der Waals surface area contributed by atoms with Gasteiger partial charge in [0.25, 0.3) is 0 Å². The van der Waals surface area contributed by atoms with Crippen molar-refractivity contribution >= 4 is 10.8 Å². The van der Waals surface area contributed by atoms with Crippen molar-refractivity contribution in [2.24, 2.45) is 5.73 Å². The van der Waals surface area contributed by atoms with E-state index < -0.39 is 0 Å². The molecule has 0 radical (unpaired) electrons. The molecule has 0 aliphatic carbocycles. The van der Waals surface area contributed by atoms with Gasteiger partial charge in [-0.2, -0.15) is 0 Å². The third kappa shape index (κ3) is 2.22. The van der Waals surface area contributed by atoms with E-state index in [1.807, 2.05) is 6.20 Å². The minimum absolute atomic E-state index is 0.768. The highest BCUT2D eigenvalue weighted by atomic mass is 14.7. The molecule has 0 aliphatic rings. The first kappa shape index (κ1) is 11.1. The van der Waals surface area contributed by atoms with E-state index in [0.717, 1.165) is 25.8 Å². The van der Waals surface area contributed by atoms with E-state index in [-0.39, 0.29) is 0 Å². The fourth-order valence-electron chi connectivity index (χ4n) is 2.12. The number of aromatic nitrogens is 1. The minimum atomic E-state index is 0.768. The van der Waals surface area contributed by atoms with Crippen LogP contribution in [0.25, 0.3) is 10.8 Å². The molecule has 0 spiro atoms. The van der Waals surface area contributed by atoms with Crippen molar-refractivity contribution < 1.29 is 0 Å². The van der Waals surface area contributed by atoms with Crippen molar-refractivity contribution in [1.82, 2.24) is 4.98 Å². The highest BCUT2D eigenvalue weighted by molar-refractivity contribution is 5.87. The zero-order valence-corrected chi connectivity index (χ0v) is 9.74. The number of fused-ring (bicyclic) bond motifs is 1. The molecule has 1 aromatic carbocycles. The second-order valence-corrected chi connectivity index (χ2v) is 4.18. The molecule has 2 nitrogen and oxygen atoms in total. The fraction of sp³-hybridized carbons (Fsp3) is 0.357. The molecule has 2 heteroatoms. The molecule has 84 valence electrons. The summed E-state index contributed by atoms with van der Waals surface area (Å²) < 4.78 is 0. The van der Waals surface area contributed by atoms with E-state index in [4.69, 9.17) is 5.73 Å². The normalized spacial score (nSPS) is 10.9. The van der Waals surface area contributed by atoms with Gasteiger partial charge in [0.15, 0.2) is 0 Å². The van der Waals surface area contributed by atoms with Crippen molar-refractivity contribution in [3.05, 3.63) is 41.7 Å². The maximum atomic E-state index is 5.51. The lowest BCUT2D eigenvalue weighted by Crippen LogP contribution is -2.00. The SMILES string of the molecule is Cc1cccc2ccnc(CCCCN)c12. The molecule has 2 aromatic rings. The number of rotatable bonds is 4. The van der Waals surface area contributed by atoms with Crippen LogP contribution in [-0.4, -0.2) is 11.5 Å². The quantitative estimate of drug-likeness (QED) is 0.795. The molecule has 1 heterocycles. The van der Waals surface area contributed by atoms with Gasteiger partial charge in [-0.15, -0.1) is 0 Å². The molecule has 1 aromatic heterocycles. The zero-order chi connectivity index (χ0) is 11.4. The molecule has 2 rings (SSSR count). The van der Waals surface area contributed by atoms with Gasteiger partial charge in [0, 0.05) is 17.3 Å². The Labute approximate surface area is 96.5 Å². The van der Waals surface area contributed by atoms with Gasteiger partial charge in [-0.25, -0.2) is 0 Å². The third-order valence-corrected chi connectivity index (χ3v) is 2.95. The molecule has 0 amide bonds. The van der Waals surface area contributed by atoms with Crippen LogP contribution in [0.3, 0.4) is 0 Å². The molecule has 2 N–H and O–H groups in total. The maximum absolute atomic E-state index is 5.51. The van der Waals surface area contributed by atoms with Crippen molar-refractivity contribution in [2.45, 2.75) is 26.2 Å². The molecule has 0 saturated heterocycles. The Kier molecular flexibility index (Phi) is 3.52. The van der Waals surface area contributed by atoms with E-state index in [2.05, 4.69) is 36.2 Å². The number of hydrogen-bond acceptors (Lipinski definition) is 2. The number of benzene rings is 1. The van der Waals surface area contributed by atoms with E-state index in [1.54, 1.807) is 0 Å². The topological polar surface area (TPSA) is 38.9 Å². The van der Waals surface area contributed by atoms with Gasteiger partial charge in [0.1, 0.15) is 0 Å². The van der Waals surface area contributed by atoms with Gasteiger partial charge < -0.3 is 5.73 Å². The predicted molar refractivity (Wildman–Crippen MR) is 68.5 cm³/mol. The minimum Gasteiger partial charge on any atom is -0.330 e. The maximum Gasteiger partial charge on any atom is 0.0484 e. The van der Waals surface area contributed by atoms with Gasteiger partial charge in [-0.3, -0.25) is 4.98 Å². The van der Waals surface area contributed by atoms with Crippen LogP contribution >= 0.6 is 0 Å². The molecule has 0 fully saturated rings. The van der Waals surface area contributed by atoms with Gasteiger partial charge in [0.05, 0.1) is 0 Å². The van der Waals surface area contributed by atoms with Crippen molar-refractivity contribution in [3.63, 3.8) is 0 Å². The lowest BCUT2D eigenvalue weighted by atomic mass is 10.0. The summed E-state index contributed by atoms with van der Waals surface area (Å²) in [5.74, 6) is 0. The second-order valence-electron chi connectivity index (χ2n) is 4.18. The third-order valence-electron chi connectivity index (χ3n) is 2.95. The van der Waals surface area contributed by atoms with Crippen molar-refractivity contribution in [2.75, 3.05) is 6.54 Å². The fourth-order valence-corrected chi connectivity index (χ4v) is 2.12. The average molecular weight is 214 g/mol. The van der Waals surface area contributed by atoms with Gasteiger partial charge in [-0.1, -0.05) is 18.2 Å². The summed E-state index contributed by atoms with van der Waals surface area (Å²) in [6.07, 6.45) is 5.12. The Morgan fingerprint density at radius 2 is 2.06 bits per heavy atom. The van der Waals surface area contributed by atoms with E-state index in [1.165, 1.54) is 22.0 Å². The van der Waals surface area contributed by atoms with E-state index in [0.29, 0.717) is 0 Å². The molecular formula is C14H18N2. The summed E-state index contributed by atoms with van der Waals surface area (Å²) in [6.45, 7) is 2.92. The van der Waals surface area contributed by atoms with E-state index in [9.17, 15) is 0 Å². The molecule has 16 heavy (non-hydrogen) atoms. The summed E-state index contributed by atoms with van der Waals surface area (Å²) in [4.78, 5) is 4.50. The Bertz CT molecular complexity index is 472. The highest BCUT2D eigenvalue weighted by Crippen LogP contribution is 2.21. The Balaban J connectivity index is 2.37. The first-order valence-electron chi connectivity index (χ1n) is 5.86. The number of unbranched alkanes of at least 4 members (excludes halogenated alkanes) is 1. The predicted octanol–water partition coefficient (Wildman–Crippen LogP) is 2.82. The summed E-state index contributed by atoms with van der Waals surface area (Å²) in [5.41, 5.74) is 8.04. The van der Waals surface area contributed by atoms with E-state index >= 15 is 0 Å². The van der Waals surface area contributed by atoms with Crippen LogP contribution in [0.15, 0.2) is 30.5 Å². The number of nitrogens with zero attached hydrogens (tertiary/aromatic N) is 1. The molecule has 0 aliphatic heterocycles. The first-order valence-corrected chi connectivity index (χ1v) is 5.86. The number of nitrogens with two attached hydrogens (primary N) is 1. The lowest BCUT2D eigenvalue weighted by molar-refractivity contribution is 0.736. The monoisotopic (exact) mass is 214 g/mol. The average Bonchev–Trinajstić information content (AvgIpc) is 2.30. The van der Waals surface area contributed by atoms with Crippen LogP contribution in [-0.2, 0) is 6.42 Å². The van der Waals surface area contributed by atoms with Crippen LogP contribution in [0.2, 0.25) is 0 Å². The molecule has 0 bridgehead atoms. The molecule has 0 saturated carbocycles. The summed E-state index contributed by atoms with van der Waals surface area (Å²) in [7, 11) is 0. The second kappa shape index (κ2) is 5.08. The number of pyridine rings is 1. The van der Waals surface area contributed by atoms with Crippen molar-refractivity contribution in [3.8, 4) is 0 Å². The molecular weight excluding hydrogens is 196 g/mol. The highest BCUT2D eigenvalue weighted by Gasteiger charge is 2.04. The van der Waals surface area contributed by atoms with Gasteiger partial charge >= 0.3 is 0 Å². The van der Waals surface area contributed by atoms with Crippen LogP contribution in [0, 0.1) is 6.92 Å². The van der Waals surface area contributed by atoms with Crippen molar-refractivity contribution in [1.29, 1.82) is 0 Å². The summed E-state index contributed by atoms with van der Waals surface area (Å²) in [5, 5.41) is 2.61. The van der Waals surface area contributed by atoms with Crippen LogP contribution in [0.5, 0.6) is 0 Å². The largest absolute Gasteiger partial charge is 0.330 e. The molecule has 0 atom stereocenters. The lowest BCUT2D eigenvalue weighted by Gasteiger charge is -2.07. The Morgan fingerprint density at radius 3 is 2.88 bits per heavy atom. The standard InChI is InChI=1S/C14H18N2/c1-11-5-4-6-12-8-10-16-13(14(11)12)7-2-3-9-15/h4-6,8,10H,2-3,7,9,15H2,1H3. The van der Waals surface area contributed by atoms with Gasteiger partial charge in [-0.05, 0) is 49.7 Å². The summed E-state index contributed by atoms with van der Waals surface area (Å²) in [6, 6.07) is 8.48. The molecule has 0 unspecified atom stereocenters. The van der Waals surface area contributed by atoms with Crippen LogP contribution in [0.4, 0.5) is 0 Å². The number of aryl methyl sites for hydroxylation is 2. The Hall–Kier alpha value is -1.41.